The summed E-state index contributed by atoms with van der Waals surface area (Å²) in [5.41, 5.74) is 0. The van der Waals surface area contributed by atoms with Crippen LogP contribution in [0.3, 0.4) is 0 Å². The minimum Gasteiger partial charge on any atom is -0.480 e. The van der Waals surface area contributed by atoms with Gasteiger partial charge in [-0.3, -0.25) is 18.8 Å². The van der Waals surface area contributed by atoms with Crippen molar-refractivity contribution in [2.24, 2.45) is 0 Å². The molecule has 118 valence electrons. The maximum Gasteiger partial charge on any atom is 0.373 e. The predicted molar refractivity (Wildman–Crippen MR) is 62.4 cm³/mol. The molecule has 0 aromatic rings. The van der Waals surface area contributed by atoms with Crippen LogP contribution in [0.5, 0.6) is 0 Å². The monoisotopic (exact) mass is 335 g/mol. The largest absolute Gasteiger partial charge is 0.480 e. The Labute approximate surface area is 112 Å². The number of hydrogen-bond acceptors (Lipinski definition) is 6. The van der Waals surface area contributed by atoms with E-state index < -0.39 is 38.5 Å². The summed E-state index contributed by atoms with van der Waals surface area (Å²) in [6.45, 7) is -0.194. The number of likely N-dealkylation sites (tertiary alicyclic amines) is 1. The van der Waals surface area contributed by atoms with Crippen LogP contribution in [-0.4, -0.2) is 69.7 Å². The number of aliphatic hydroxyl groups is 2. The summed E-state index contributed by atoms with van der Waals surface area (Å²) in [6.07, 6.45) is -2.51. The van der Waals surface area contributed by atoms with Crippen LogP contribution in [0.2, 0.25) is 0 Å². The van der Waals surface area contributed by atoms with E-state index in [1.54, 1.807) is 0 Å². The fourth-order valence-electron chi connectivity index (χ4n) is 2.04. The molecule has 0 spiro atoms. The van der Waals surface area contributed by atoms with Gasteiger partial charge < -0.3 is 34.9 Å². The van der Waals surface area contributed by atoms with Gasteiger partial charge in [0.05, 0.1) is 0 Å². The SMILES string of the molecule is O=C(O)C1CCCN1C(O)C(O)(P(=O)(O)O)P(=O)(O)O. The van der Waals surface area contributed by atoms with E-state index in [-0.39, 0.29) is 19.4 Å². The van der Waals surface area contributed by atoms with Gasteiger partial charge in [-0.2, -0.15) is 0 Å². The first-order valence-corrected chi connectivity index (χ1v) is 8.56. The zero-order valence-electron chi connectivity index (χ0n) is 9.97. The fraction of sp³-hybridized carbons (Fsp3) is 0.857. The van der Waals surface area contributed by atoms with Gasteiger partial charge in [0.25, 0.3) is 0 Å². The van der Waals surface area contributed by atoms with Crippen LogP contribution in [0, 0.1) is 0 Å². The van der Waals surface area contributed by atoms with E-state index in [1.807, 2.05) is 0 Å². The number of carbonyl (C=O) groups is 1. The molecular weight excluding hydrogens is 320 g/mol. The lowest BCUT2D eigenvalue weighted by Crippen LogP contribution is -2.55. The van der Waals surface area contributed by atoms with Crippen LogP contribution in [0.25, 0.3) is 0 Å². The van der Waals surface area contributed by atoms with Gasteiger partial charge >= 0.3 is 26.2 Å². The number of aliphatic hydroxyl groups excluding tert-OH is 1. The molecule has 0 amide bonds. The Morgan fingerprint density at radius 1 is 1.20 bits per heavy atom. The molecule has 20 heavy (non-hydrogen) atoms. The first kappa shape index (κ1) is 17.7. The van der Waals surface area contributed by atoms with E-state index in [1.165, 1.54) is 0 Å². The van der Waals surface area contributed by atoms with Crippen LogP contribution in [0.4, 0.5) is 0 Å². The molecule has 0 radical (unpaired) electrons. The lowest BCUT2D eigenvalue weighted by atomic mass is 10.2. The Hall–Kier alpha value is -0.350. The van der Waals surface area contributed by atoms with Crippen molar-refractivity contribution in [1.29, 1.82) is 0 Å². The minimum absolute atomic E-state index is 0.00475. The fourth-order valence-corrected chi connectivity index (χ4v) is 4.30. The van der Waals surface area contributed by atoms with Crippen LogP contribution >= 0.6 is 15.2 Å². The molecule has 0 aromatic heterocycles. The topological polar surface area (TPSA) is 196 Å². The predicted octanol–water partition coefficient (Wildman–Crippen LogP) is -2.14. The standard InChI is InChI=1S/C7H15NO10P2/c9-5(10)4-2-1-3-8(4)6(11)7(12,19(13,14)15)20(16,17)18/h4,6,11-12H,1-3H2,(H,9,10)(H2,13,14,15)(H2,16,17,18). The van der Waals surface area contributed by atoms with Crippen molar-refractivity contribution in [3.8, 4) is 0 Å². The second-order valence-electron chi connectivity index (χ2n) is 4.38. The second kappa shape index (κ2) is 5.45. The molecule has 13 heteroatoms. The second-order valence-corrected chi connectivity index (χ2v) is 8.28. The Bertz CT molecular complexity index is 460. The third-order valence-electron chi connectivity index (χ3n) is 3.10. The van der Waals surface area contributed by atoms with Crippen molar-refractivity contribution in [1.82, 2.24) is 4.90 Å². The third kappa shape index (κ3) is 2.82. The highest BCUT2D eigenvalue weighted by Gasteiger charge is 2.67. The summed E-state index contributed by atoms with van der Waals surface area (Å²) >= 11 is 0. The molecule has 11 nitrogen and oxygen atoms in total. The zero-order valence-corrected chi connectivity index (χ0v) is 11.8. The van der Waals surface area contributed by atoms with Crippen molar-refractivity contribution >= 4 is 21.2 Å². The van der Waals surface area contributed by atoms with Crippen molar-refractivity contribution < 1.29 is 48.8 Å². The summed E-state index contributed by atoms with van der Waals surface area (Å²) in [7, 11) is -11.7. The van der Waals surface area contributed by atoms with Gasteiger partial charge in [0.1, 0.15) is 6.04 Å². The van der Waals surface area contributed by atoms with Crippen molar-refractivity contribution in [2.75, 3.05) is 6.54 Å². The number of hydrogen-bond donors (Lipinski definition) is 7. The molecule has 7 N–H and O–H groups in total. The number of carboxylic acid groups (broad SMARTS) is 1. The molecule has 0 saturated carbocycles. The molecule has 2 atom stereocenters. The molecule has 1 fully saturated rings. The van der Waals surface area contributed by atoms with Gasteiger partial charge in [0, 0.05) is 6.54 Å². The average molecular weight is 335 g/mol. The molecule has 1 rings (SSSR count). The molecule has 0 bridgehead atoms. The first-order chi connectivity index (χ1) is 8.84. The highest BCUT2D eigenvalue weighted by Crippen LogP contribution is 2.69. The third-order valence-corrected chi connectivity index (χ3v) is 6.84. The lowest BCUT2D eigenvalue weighted by molar-refractivity contribution is -0.151. The van der Waals surface area contributed by atoms with Gasteiger partial charge in [-0.1, -0.05) is 0 Å². The molecular formula is C7H15NO10P2. The Balaban J connectivity index is 3.27. The van der Waals surface area contributed by atoms with Gasteiger partial charge in [0.15, 0.2) is 6.23 Å². The molecule has 0 aromatic carbocycles. The maximum atomic E-state index is 11.2. The quantitative estimate of drug-likeness (QED) is 0.271. The van der Waals surface area contributed by atoms with E-state index >= 15 is 0 Å². The highest BCUT2D eigenvalue weighted by atomic mass is 31.2. The van der Waals surface area contributed by atoms with Crippen LogP contribution in [0.15, 0.2) is 0 Å². The highest BCUT2D eigenvalue weighted by molar-refractivity contribution is 7.72. The Morgan fingerprint density at radius 3 is 2.00 bits per heavy atom. The van der Waals surface area contributed by atoms with E-state index in [9.17, 15) is 24.1 Å². The maximum absolute atomic E-state index is 11.2. The summed E-state index contributed by atoms with van der Waals surface area (Å²) in [6, 6.07) is -1.41. The van der Waals surface area contributed by atoms with Crippen molar-refractivity contribution in [2.45, 2.75) is 30.2 Å². The lowest BCUT2D eigenvalue weighted by Gasteiger charge is -2.38. The normalized spacial score (nSPS) is 23.8. The molecule has 1 heterocycles. The first-order valence-electron chi connectivity index (χ1n) is 5.34. The molecule has 1 aliphatic heterocycles. The number of nitrogens with zero attached hydrogens (tertiary/aromatic N) is 1. The minimum atomic E-state index is -5.87. The molecule has 2 unspecified atom stereocenters. The van der Waals surface area contributed by atoms with Crippen molar-refractivity contribution in [3.05, 3.63) is 0 Å². The van der Waals surface area contributed by atoms with Crippen LogP contribution < -0.4 is 0 Å². The molecule has 0 aliphatic carbocycles. The van der Waals surface area contributed by atoms with E-state index in [0.717, 1.165) is 0 Å². The number of carboxylic acids is 1. The zero-order chi connectivity index (χ0) is 15.9. The average Bonchev–Trinajstić information content (AvgIpc) is 2.72. The summed E-state index contributed by atoms with van der Waals surface area (Å²) in [5.74, 6) is -1.44. The van der Waals surface area contributed by atoms with E-state index in [4.69, 9.17) is 24.7 Å². The van der Waals surface area contributed by atoms with Crippen molar-refractivity contribution in [3.63, 3.8) is 0 Å². The van der Waals surface area contributed by atoms with E-state index in [2.05, 4.69) is 0 Å². The Kier molecular flexibility index (Phi) is 4.82. The van der Waals surface area contributed by atoms with Crippen LogP contribution in [0.1, 0.15) is 12.8 Å². The van der Waals surface area contributed by atoms with Gasteiger partial charge in [0.2, 0.25) is 0 Å². The molecule has 1 saturated heterocycles. The smallest absolute Gasteiger partial charge is 0.373 e. The number of aliphatic carboxylic acids is 1. The van der Waals surface area contributed by atoms with Gasteiger partial charge in [-0.05, 0) is 12.8 Å². The number of rotatable bonds is 5. The Morgan fingerprint density at radius 2 is 1.65 bits per heavy atom. The summed E-state index contributed by atoms with van der Waals surface area (Å²) in [5, 5.41) is 24.3. The summed E-state index contributed by atoms with van der Waals surface area (Å²) in [4.78, 5) is 47.3. The summed E-state index contributed by atoms with van der Waals surface area (Å²) < 4.78 is 22.4. The van der Waals surface area contributed by atoms with Gasteiger partial charge in [-0.25, -0.2) is 0 Å². The molecule has 1 aliphatic rings. The van der Waals surface area contributed by atoms with E-state index in [0.29, 0.717) is 4.90 Å². The van der Waals surface area contributed by atoms with Crippen LogP contribution in [-0.2, 0) is 13.9 Å². The van der Waals surface area contributed by atoms with Gasteiger partial charge in [-0.15, -0.1) is 0 Å².